The Morgan fingerprint density at radius 3 is 2.60 bits per heavy atom. The number of nitrogens with zero attached hydrogens (tertiary/aromatic N) is 1. The molecule has 1 heterocycles. The van der Waals surface area contributed by atoms with Crippen LogP contribution in [0.1, 0.15) is 12.8 Å². The molecule has 1 fully saturated rings. The molecule has 2 aromatic carbocycles. The Labute approximate surface area is 155 Å². The molecule has 1 aliphatic rings. The number of methoxy groups -OCH3 is 1. The molecule has 0 bridgehead atoms. The SMILES string of the molecule is COC(=O)C1CCN(C(=O)COc2ccc3ccccc3c2Br)CC1. The monoisotopic (exact) mass is 405 g/mol. The lowest BCUT2D eigenvalue weighted by Gasteiger charge is -2.30. The van der Waals surface area contributed by atoms with E-state index in [0.29, 0.717) is 31.7 Å². The zero-order chi connectivity index (χ0) is 17.8. The van der Waals surface area contributed by atoms with E-state index in [1.165, 1.54) is 7.11 Å². The van der Waals surface area contributed by atoms with Crippen molar-refractivity contribution in [3.63, 3.8) is 0 Å². The minimum atomic E-state index is -0.191. The molecule has 0 spiro atoms. The molecule has 1 amide bonds. The highest BCUT2D eigenvalue weighted by atomic mass is 79.9. The summed E-state index contributed by atoms with van der Waals surface area (Å²) in [6.45, 7) is 1.10. The van der Waals surface area contributed by atoms with Crippen LogP contribution in [0.15, 0.2) is 40.9 Å². The molecule has 6 heteroatoms. The van der Waals surface area contributed by atoms with E-state index in [0.717, 1.165) is 15.2 Å². The first-order valence-corrected chi connectivity index (χ1v) is 9.05. The summed E-state index contributed by atoms with van der Waals surface area (Å²) in [5.41, 5.74) is 0. The van der Waals surface area contributed by atoms with E-state index in [9.17, 15) is 9.59 Å². The number of fused-ring (bicyclic) bond motifs is 1. The van der Waals surface area contributed by atoms with Gasteiger partial charge in [-0.3, -0.25) is 9.59 Å². The van der Waals surface area contributed by atoms with Crippen LogP contribution < -0.4 is 4.74 Å². The van der Waals surface area contributed by atoms with Gasteiger partial charge in [0.15, 0.2) is 6.61 Å². The summed E-state index contributed by atoms with van der Waals surface area (Å²) in [4.78, 5) is 25.6. The number of benzene rings is 2. The number of rotatable bonds is 4. The molecule has 25 heavy (non-hydrogen) atoms. The second-order valence-corrected chi connectivity index (χ2v) is 6.86. The third kappa shape index (κ3) is 3.95. The number of ether oxygens (including phenoxy) is 2. The van der Waals surface area contributed by atoms with Crippen LogP contribution in [0.3, 0.4) is 0 Å². The topological polar surface area (TPSA) is 55.8 Å². The Bertz CT molecular complexity index is 784. The minimum Gasteiger partial charge on any atom is -0.483 e. The van der Waals surface area contributed by atoms with Crippen LogP contribution in [-0.2, 0) is 14.3 Å². The van der Waals surface area contributed by atoms with E-state index < -0.39 is 0 Å². The van der Waals surface area contributed by atoms with E-state index in [-0.39, 0.29) is 24.4 Å². The Morgan fingerprint density at radius 2 is 1.88 bits per heavy atom. The van der Waals surface area contributed by atoms with Crippen LogP contribution in [0.25, 0.3) is 10.8 Å². The Balaban J connectivity index is 1.58. The molecule has 0 radical (unpaired) electrons. The van der Waals surface area contributed by atoms with Gasteiger partial charge in [-0.05, 0) is 45.6 Å². The number of amides is 1. The van der Waals surface area contributed by atoms with Crippen LogP contribution in [0.2, 0.25) is 0 Å². The number of piperidine rings is 1. The maximum absolute atomic E-state index is 12.4. The second kappa shape index (κ2) is 7.87. The highest BCUT2D eigenvalue weighted by Crippen LogP contribution is 2.33. The standard InChI is InChI=1S/C19H20BrNO4/c1-24-19(23)14-8-10-21(11-9-14)17(22)12-25-16-7-6-13-4-2-3-5-15(13)18(16)20/h2-7,14H,8-12H2,1H3. The van der Waals surface area contributed by atoms with Crippen LogP contribution in [0.5, 0.6) is 5.75 Å². The average Bonchev–Trinajstić information content (AvgIpc) is 2.67. The Morgan fingerprint density at radius 1 is 1.16 bits per heavy atom. The molecule has 132 valence electrons. The number of esters is 1. The van der Waals surface area contributed by atoms with Crippen molar-refractivity contribution >= 4 is 38.6 Å². The van der Waals surface area contributed by atoms with Crippen molar-refractivity contribution in [2.45, 2.75) is 12.8 Å². The quantitative estimate of drug-likeness (QED) is 0.731. The third-order valence-electron chi connectivity index (χ3n) is 4.56. The molecule has 5 nitrogen and oxygen atoms in total. The van der Waals surface area contributed by atoms with Crippen LogP contribution in [-0.4, -0.2) is 43.6 Å². The number of carbonyl (C=O) groups excluding carboxylic acids is 2. The number of halogens is 1. The molecule has 1 aliphatic heterocycles. The van der Waals surface area contributed by atoms with E-state index in [4.69, 9.17) is 9.47 Å². The van der Waals surface area contributed by atoms with Crippen LogP contribution >= 0.6 is 15.9 Å². The minimum absolute atomic E-state index is 0.0141. The first-order chi connectivity index (χ1) is 12.1. The summed E-state index contributed by atoms with van der Waals surface area (Å²) in [6, 6.07) is 11.8. The molecule has 0 saturated carbocycles. The molecule has 0 aliphatic carbocycles. The van der Waals surface area contributed by atoms with Crippen LogP contribution in [0.4, 0.5) is 0 Å². The lowest BCUT2D eigenvalue weighted by molar-refractivity contribution is -0.149. The zero-order valence-corrected chi connectivity index (χ0v) is 15.6. The zero-order valence-electron chi connectivity index (χ0n) is 14.0. The highest BCUT2D eigenvalue weighted by Gasteiger charge is 2.28. The highest BCUT2D eigenvalue weighted by molar-refractivity contribution is 9.10. The van der Waals surface area contributed by atoms with Gasteiger partial charge in [-0.1, -0.05) is 30.3 Å². The summed E-state index contributed by atoms with van der Waals surface area (Å²) in [5, 5.41) is 2.16. The van der Waals surface area contributed by atoms with Gasteiger partial charge in [0.25, 0.3) is 5.91 Å². The predicted molar refractivity (Wildman–Crippen MR) is 98.5 cm³/mol. The molecule has 3 rings (SSSR count). The van der Waals surface area contributed by atoms with Gasteiger partial charge in [0.2, 0.25) is 0 Å². The molecular formula is C19H20BrNO4. The van der Waals surface area contributed by atoms with E-state index >= 15 is 0 Å². The van der Waals surface area contributed by atoms with Crippen LogP contribution in [0, 0.1) is 5.92 Å². The van der Waals surface area contributed by atoms with Gasteiger partial charge in [-0.2, -0.15) is 0 Å². The fraction of sp³-hybridized carbons (Fsp3) is 0.368. The van der Waals surface area contributed by atoms with Crippen molar-refractivity contribution in [1.29, 1.82) is 0 Å². The summed E-state index contributed by atoms with van der Waals surface area (Å²) in [6.07, 6.45) is 1.27. The van der Waals surface area contributed by atoms with Crippen molar-refractivity contribution in [2.24, 2.45) is 5.92 Å². The first kappa shape index (κ1) is 17.7. The summed E-state index contributed by atoms with van der Waals surface area (Å²) in [5.74, 6) is 0.285. The van der Waals surface area contributed by atoms with E-state index in [2.05, 4.69) is 15.9 Å². The van der Waals surface area contributed by atoms with Crippen molar-refractivity contribution in [3.05, 3.63) is 40.9 Å². The van der Waals surface area contributed by atoms with Gasteiger partial charge >= 0.3 is 5.97 Å². The van der Waals surface area contributed by atoms with Gasteiger partial charge < -0.3 is 14.4 Å². The number of likely N-dealkylation sites (tertiary alicyclic amines) is 1. The van der Waals surface area contributed by atoms with Gasteiger partial charge in [0, 0.05) is 13.1 Å². The Kier molecular flexibility index (Phi) is 5.58. The second-order valence-electron chi connectivity index (χ2n) is 6.07. The molecule has 2 aromatic rings. The van der Waals surface area contributed by atoms with Crippen molar-refractivity contribution in [3.8, 4) is 5.75 Å². The molecule has 0 N–H and O–H groups in total. The number of carbonyl (C=O) groups is 2. The van der Waals surface area contributed by atoms with Crippen molar-refractivity contribution in [2.75, 3.05) is 26.8 Å². The first-order valence-electron chi connectivity index (χ1n) is 8.26. The molecular weight excluding hydrogens is 386 g/mol. The maximum Gasteiger partial charge on any atom is 0.308 e. The fourth-order valence-corrected chi connectivity index (χ4v) is 3.69. The van der Waals surface area contributed by atoms with Crippen molar-refractivity contribution in [1.82, 2.24) is 4.90 Å². The summed E-state index contributed by atoms with van der Waals surface area (Å²) >= 11 is 3.56. The number of hydrogen-bond donors (Lipinski definition) is 0. The summed E-state index contributed by atoms with van der Waals surface area (Å²) < 4.78 is 11.3. The van der Waals surface area contributed by atoms with Gasteiger partial charge in [-0.25, -0.2) is 0 Å². The maximum atomic E-state index is 12.4. The smallest absolute Gasteiger partial charge is 0.308 e. The third-order valence-corrected chi connectivity index (χ3v) is 5.38. The normalized spacial score (nSPS) is 15.2. The molecule has 1 saturated heterocycles. The van der Waals surface area contributed by atoms with Gasteiger partial charge in [0.05, 0.1) is 17.5 Å². The lowest BCUT2D eigenvalue weighted by Crippen LogP contribution is -2.42. The fourth-order valence-electron chi connectivity index (χ4n) is 3.09. The van der Waals surface area contributed by atoms with Crippen molar-refractivity contribution < 1.29 is 19.1 Å². The van der Waals surface area contributed by atoms with Gasteiger partial charge in [-0.15, -0.1) is 0 Å². The average molecular weight is 406 g/mol. The van der Waals surface area contributed by atoms with Gasteiger partial charge in [0.1, 0.15) is 5.75 Å². The largest absolute Gasteiger partial charge is 0.483 e. The summed E-state index contributed by atoms with van der Waals surface area (Å²) in [7, 11) is 1.40. The predicted octanol–water partition coefficient (Wildman–Crippen LogP) is 3.39. The molecule has 0 aromatic heterocycles. The van der Waals surface area contributed by atoms with E-state index in [1.807, 2.05) is 36.4 Å². The van der Waals surface area contributed by atoms with E-state index in [1.54, 1.807) is 4.90 Å². The molecule has 0 atom stereocenters. The number of hydrogen-bond acceptors (Lipinski definition) is 4. The molecule has 0 unspecified atom stereocenters. The Hall–Kier alpha value is -2.08. The lowest BCUT2D eigenvalue weighted by atomic mass is 9.97.